The second-order valence-electron chi connectivity index (χ2n) is 4.06. The molecule has 0 saturated heterocycles. The second-order valence-corrected chi connectivity index (χ2v) is 7.12. The average Bonchev–Trinajstić information content (AvgIpc) is 2.36. The molecule has 0 heterocycles. The number of rotatable bonds is 6. The number of anilines is 1. The molecular formula is C12H17BrN2O3S. The Hall–Kier alpha value is -0.920. The first-order valence-corrected chi connectivity index (χ1v) is 8.26. The van der Waals surface area contributed by atoms with E-state index in [1.54, 1.807) is 12.1 Å². The highest BCUT2D eigenvalue weighted by Gasteiger charge is 2.15. The number of amides is 1. The van der Waals surface area contributed by atoms with Crippen molar-refractivity contribution in [1.29, 1.82) is 0 Å². The molecule has 1 rings (SSSR count). The van der Waals surface area contributed by atoms with Gasteiger partial charge >= 0.3 is 0 Å². The third-order valence-corrected chi connectivity index (χ3v) is 4.83. The third kappa shape index (κ3) is 5.30. The van der Waals surface area contributed by atoms with Gasteiger partial charge in [0.1, 0.15) is 0 Å². The molecule has 0 aliphatic carbocycles. The van der Waals surface area contributed by atoms with E-state index in [1.807, 2.05) is 6.92 Å². The van der Waals surface area contributed by atoms with Gasteiger partial charge in [-0.05, 0) is 30.7 Å². The molecule has 106 valence electrons. The van der Waals surface area contributed by atoms with Gasteiger partial charge in [-0.2, -0.15) is 0 Å². The molecule has 19 heavy (non-hydrogen) atoms. The Kier molecular flexibility index (Phi) is 5.96. The van der Waals surface area contributed by atoms with Crippen LogP contribution in [0.15, 0.2) is 29.2 Å². The van der Waals surface area contributed by atoms with Crippen LogP contribution in [0.1, 0.15) is 20.3 Å². The second kappa shape index (κ2) is 7.02. The number of carbonyl (C=O) groups is 1. The summed E-state index contributed by atoms with van der Waals surface area (Å²) in [5.74, 6) is -0.196. The Balaban J connectivity index is 2.76. The summed E-state index contributed by atoms with van der Waals surface area (Å²) in [6, 6.07) is 6.04. The SMILES string of the molecule is CCC(Br)CNS(=O)(=O)c1ccc(NC(C)=O)cc1. The van der Waals surface area contributed by atoms with E-state index >= 15 is 0 Å². The van der Waals surface area contributed by atoms with Crippen LogP contribution in [-0.4, -0.2) is 25.7 Å². The Labute approximate surface area is 122 Å². The molecule has 0 fully saturated rings. The number of sulfonamides is 1. The summed E-state index contributed by atoms with van der Waals surface area (Å²) in [5.41, 5.74) is 0.568. The molecular weight excluding hydrogens is 332 g/mol. The van der Waals surface area contributed by atoms with E-state index in [1.165, 1.54) is 19.1 Å². The van der Waals surface area contributed by atoms with Crippen LogP contribution in [0.3, 0.4) is 0 Å². The van der Waals surface area contributed by atoms with Crippen LogP contribution in [0.2, 0.25) is 0 Å². The topological polar surface area (TPSA) is 75.3 Å². The zero-order chi connectivity index (χ0) is 14.5. The molecule has 0 spiro atoms. The number of hydrogen-bond donors (Lipinski definition) is 2. The molecule has 5 nitrogen and oxygen atoms in total. The number of nitrogens with one attached hydrogen (secondary N) is 2. The van der Waals surface area contributed by atoms with Crippen LogP contribution in [0.5, 0.6) is 0 Å². The van der Waals surface area contributed by atoms with E-state index in [-0.39, 0.29) is 15.6 Å². The summed E-state index contributed by atoms with van der Waals surface area (Å²) in [7, 11) is -3.50. The Bertz CT molecular complexity index is 528. The smallest absolute Gasteiger partial charge is 0.240 e. The minimum absolute atomic E-state index is 0.112. The molecule has 1 aromatic rings. The van der Waals surface area contributed by atoms with Crippen molar-refractivity contribution in [2.24, 2.45) is 0 Å². The van der Waals surface area contributed by atoms with E-state index in [9.17, 15) is 13.2 Å². The van der Waals surface area contributed by atoms with Crippen molar-refractivity contribution < 1.29 is 13.2 Å². The summed E-state index contributed by atoms with van der Waals surface area (Å²) in [4.78, 5) is 11.1. The summed E-state index contributed by atoms with van der Waals surface area (Å²) < 4.78 is 26.5. The quantitative estimate of drug-likeness (QED) is 0.773. The van der Waals surface area contributed by atoms with Crippen LogP contribution < -0.4 is 10.0 Å². The average molecular weight is 349 g/mol. The number of hydrogen-bond acceptors (Lipinski definition) is 3. The normalized spacial score (nSPS) is 13.0. The lowest BCUT2D eigenvalue weighted by atomic mass is 10.3. The first kappa shape index (κ1) is 16.1. The van der Waals surface area contributed by atoms with Gasteiger partial charge in [0.05, 0.1) is 4.90 Å². The van der Waals surface area contributed by atoms with Crippen LogP contribution in [-0.2, 0) is 14.8 Å². The monoisotopic (exact) mass is 348 g/mol. The molecule has 1 aromatic carbocycles. The molecule has 1 atom stereocenters. The molecule has 1 amide bonds. The minimum atomic E-state index is -3.50. The van der Waals surface area contributed by atoms with Crippen molar-refractivity contribution in [3.63, 3.8) is 0 Å². The highest BCUT2D eigenvalue weighted by atomic mass is 79.9. The first-order chi connectivity index (χ1) is 8.85. The van der Waals surface area contributed by atoms with Gasteiger partial charge in [-0.25, -0.2) is 13.1 Å². The van der Waals surface area contributed by atoms with Crippen molar-refractivity contribution >= 4 is 37.5 Å². The summed E-state index contributed by atoms with van der Waals surface area (Å²) in [6.45, 7) is 3.70. The zero-order valence-electron chi connectivity index (χ0n) is 10.8. The van der Waals surface area contributed by atoms with Gasteiger partial charge in [-0.15, -0.1) is 0 Å². The highest BCUT2D eigenvalue weighted by Crippen LogP contribution is 2.14. The van der Waals surface area contributed by atoms with E-state index in [0.29, 0.717) is 12.2 Å². The van der Waals surface area contributed by atoms with Gasteiger partial charge in [0.15, 0.2) is 0 Å². The van der Waals surface area contributed by atoms with Crippen molar-refractivity contribution in [3.8, 4) is 0 Å². The van der Waals surface area contributed by atoms with Crippen molar-refractivity contribution in [3.05, 3.63) is 24.3 Å². The van der Waals surface area contributed by atoms with E-state index in [4.69, 9.17) is 0 Å². The first-order valence-electron chi connectivity index (χ1n) is 5.86. The number of carbonyl (C=O) groups excluding carboxylic acids is 1. The summed E-state index contributed by atoms with van der Waals surface area (Å²) >= 11 is 3.37. The summed E-state index contributed by atoms with van der Waals surface area (Å²) in [6.07, 6.45) is 0.837. The van der Waals surface area contributed by atoms with Crippen molar-refractivity contribution in [1.82, 2.24) is 4.72 Å². The fourth-order valence-electron chi connectivity index (χ4n) is 1.35. The summed E-state index contributed by atoms with van der Waals surface area (Å²) in [5, 5.41) is 2.58. The van der Waals surface area contributed by atoms with Gasteiger partial charge in [0, 0.05) is 24.0 Å². The molecule has 7 heteroatoms. The predicted octanol–water partition coefficient (Wildman–Crippen LogP) is 2.10. The van der Waals surface area contributed by atoms with E-state index in [2.05, 4.69) is 26.0 Å². The minimum Gasteiger partial charge on any atom is -0.326 e. The van der Waals surface area contributed by atoms with Gasteiger partial charge < -0.3 is 5.32 Å². The molecule has 0 bridgehead atoms. The molecule has 0 saturated carbocycles. The van der Waals surface area contributed by atoms with E-state index < -0.39 is 10.0 Å². The maximum absolute atomic E-state index is 12.0. The Morgan fingerprint density at radius 1 is 1.32 bits per heavy atom. The molecule has 0 aliphatic heterocycles. The van der Waals surface area contributed by atoms with Crippen molar-refractivity contribution in [2.75, 3.05) is 11.9 Å². The van der Waals surface area contributed by atoms with Gasteiger partial charge in [0.2, 0.25) is 15.9 Å². The van der Waals surface area contributed by atoms with Gasteiger partial charge in [-0.1, -0.05) is 22.9 Å². The number of halogens is 1. The Morgan fingerprint density at radius 3 is 2.37 bits per heavy atom. The van der Waals surface area contributed by atoms with E-state index in [0.717, 1.165) is 6.42 Å². The third-order valence-electron chi connectivity index (χ3n) is 2.42. The Morgan fingerprint density at radius 2 is 1.89 bits per heavy atom. The standard InChI is InChI=1S/C12H17BrN2O3S/c1-3-10(13)8-14-19(17,18)12-6-4-11(5-7-12)15-9(2)16/h4-7,10,14H,3,8H2,1-2H3,(H,15,16). The lowest BCUT2D eigenvalue weighted by Gasteiger charge is -2.10. The molecule has 2 N–H and O–H groups in total. The van der Waals surface area contributed by atoms with Crippen molar-refractivity contribution in [2.45, 2.75) is 30.0 Å². The largest absolute Gasteiger partial charge is 0.326 e. The van der Waals surface area contributed by atoms with Gasteiger partial charge in [-0.3, -0.25) is 4.79 Å². The lowest BCUT2D eigenvalue weighted by Crippen LogP contribution is -2.29. The van der Waals surface area contributed by atoms with Crippen LogP contribution in [0.4, 0.5) is 5.69 Å². The van der Waals surface area contributed by atoms with Gasteiger partial charge in [0.25, 0.3) is 0 Å². The molecule has 0 aliphatic rings. The van der Waals surface area contributed by atoms with Crippen LogP contribution >= 0.6 is 15.9 Å². The fourth-order valence-corrected chi connectivity index (χ4v) is 2.81. The molecule has 1 unspecified atom stereocenters. The number of benzene rings is 1. The highest BCUT2D eigenvalue weighted by molar-refractivity contribution is 9.09. The fraction of sp³-hybridized carbons (Fsp3) is 0.417. The maximum Gasteiger partial charge on any atom is 0.240 e. The number of alkyl halides is 1. The molecule has 0 aromatic heterocycles. The zero-order valence-corrected chi connectivity index (χ0v) is 13.2. The lowest BCUT2D eigenvalue weighted by molar-refractivity contribution is -0.114. The van der Waals surface area contributed by atoms with Crippen LogP contribution in [0, 0.1) is 0 Å². The maximum atomic E-state index is 12.0. The predicted molar refractivity (Wildman–Crippen MR) is 78.9 cm³/mol. The molecule has 0 radical (unpaired) electrons. The van der Waals surface area contributed by atoms with Crippen LogP contribution in [0.25, 0.3) is 0 Å².